The first-order valence-electron chi connectivity index (χ1n) is 10.3. The van der Waals surface area contributed by atoms with Gasteiger partial charge in [0.1, 0.15) is 5.75 Å². The third kappa shape index (κ3) is 5.23. The van der Waals surface area contributed by atoms with Gasteiger partial charge in [0.05, 0.1) is 38.4 Å². The smallest absolute Gasteiger partial charge is 0.320 e. The van der Waals surface area contributed by atoms with E-state index in [1.807, 2.05) is 4.90 Å². The van der Waals surface area contributed by atoms with Crippen molar-refractivity contribution in [3.05, 3.63) is 23.2 Å². The van der Waals surface area contributed by atoms with Crippen LogP contribution >= 0.6 is 11.6 Å². The molecule has 0 radical (unpaired) electrons. The standard InChI is InChI=1S/C21H28ClN3O5/c1-3-30-20(27)12-25-16-7-5-4-6-14(16)24-21(28)17(25)11-19(26)23-15-10-13(22)8-9-18(15)29-2/h8-10,14,16-17H,3-7,11-12H2,1-2H3,(H,23,26)(H,24,28)/t14-,16+,17-/m1/s1. The quantitative estimate of drug-likeness (QED) is 0.635. The molecule has 0 spiro atoms. The molecule has 0 unspecified atom stereocenters. The van der Waals surface area contributed by atoms with Gasteiger partial charge in [-0.05, 0) is 38.0 Å². The fourth-order valence-corrected chi connectivity index (χ4v) is 4.46. The lowest BCUT2D eigenvalue weighted by atomic mass is 9.85. The van der Waals surface area contributed by atoms with Crippen LogP contribution in [-0.4, -0.2) is 61.1 Å². The second kappa shape index (κ2) is 10.1. The molecular weight excluding hydrogens is 410 g/mol. The number of halogens is 1. The summed E-state index contributed by atoms with van der Waals surface area (Å²) in [4.78, 5) is 39.7. The maximum absolute atomic E-state index is 12.8. The third-order valence-corrected chi connectivity index (χ3v) is 5.85. The minimum atomic E-state index is -0.751. The van der Waals surface area contributed by atoms with Crippen LogP contribution < -0.4 is 15.4 Å². The Morgan fingerprint density at radius 1 is 1.30 bits per heavy atom. The van der Waals surface area contributed by atoms with Crippen LogP contribution in [0.4, 0.5) is 5.69 Å². The summed E-state index contributed by atoms with van der Waals surface area (Å²) in [5, 5.41) is 6.27. The van der Waals surface area contributed by atoms with Gasteiger partial charge in [0.2, 0.25) is 11.8 Å². The highest BCUT2D eigenvalue weighted by Crippen LogP contribution is 2.31. The van der Waals surface area contributed by atoms with Gasteiger partial charge in [-0.2, -0.15) is 0 Å². The van der Waals surface area contributed by atoms with Crippen molar-refractivity contribution in [3.8, 4) is 5.75 Å². The number of piperazine rings is 1. The average Bonchev–Trinajstić information content (AvgIpc) is 2.71. The Kier molecular flexibility index (Phi) is 7.55. The van der Waals surface area contributed by atoms with Gasteiger partial charge in [-0.25, -0.2) is 0 Å². The number of methoxy groups -OCH3 is 1. The Labute approximate surface area is 181 Å². The summed E-state index contributed by atoms with van der Waals surface area (Å²) >= 11 is 6.03. The molecule has 1 saturated heterocycles. The van der Waals surface area contributed by atoms with Crippen molar-refractivity contribution in [2.24, 2.45) is 0 Å². The molecule has 2 N–H and O–H groups in total. The molecule has 30 heavy (non-hydrogen) atoms. The van der Waals surface area contributed by atoms with Crippen LogP contribution in [0.5, 0.6) is 5.75 Å². The van der Waals surface area contributed by atoms with E-state index < -0.39 is 12.0 Å². The van der Waals surface area contributed by atoms with E-state index in [9.17, 15) is 14.4 Å². The lowest BCUT2D eigenvalue weighted by molar-refractivity contribution is -0.151. The van der Waals surface area contributed by atoms with Gasteiger partial charge in [0, 0.05) is 17.1 Å². The number of anilines is 1. The van der Waals surface area contributed by atoms with Crippen molar-refractivity contribution < 1.29 is 23.9 Å². The largest absolute Gasteiger partial charge is 0.495 e. The number of carbonyl (C=O) groups excluding carboxylic acids is 3. The van der Waals surface area contributed by atoms with Crippen molar-refractivity contribution in [1.82, 2.24) is 10.2 Å². The molecule has 1 heterocycles. The topological polar surface area (TPSA) is 97.0 Å². The van der Waals surface area contributed by atoms with Crippen molar-refractivity contribution in [1.29, 1.82) is 0 Å². The van der Waals surface area contributed by atoms with Crippen molar-refractivity contribution in [2.45, 2.75) is 57.2 Å². The molecule has 2 fully saturated rings. The number of ether oxygens (including phenoxy) is 2. The minimum absolute atomic E-state index is 0.00647. The molecule has 1 aliphatic carbocycles. The second-order valence-electron chi connectivity index (χ2n) is 7.56. The normalized spacial score (nSPS) is 23.8. The molecule has 3 rings (SSSR count). The summed E-state index contributed by atoms with van der Waals surface area (Å²) in [7, 11) is 1.50. The van der Waals surface area contributed by atoms with E-state index in [1.54, 1.807) is 25.1 Å². The zero-order valence-corrected chi connectivity index (χ0v) is 18.0. The summed E-state index contributed by atoms with van der Waals surface area (Å²) in [6.45, 7) is 2.00. The summed E-state index contributed by atoms with van der Waals surface area (Å²) in [6.07, 6.45) is 3.70. The lowest BCUT2D eigenvalue weighted by Gasteiger charge is -2.47. The first-order valence-corrected chi connectivity index (χ1v) is 10.7. The molecule has 9 heteroatoms. The fraction of sp³-hybridized carbons (Fsp3) is 0.571. The number of nitrogens with zero attached hydrogens (tertiary/aromatic N) is 1. The van der Waals surface area contributed by atoms with Gasteiger partial charge in [-0.1, -0.05) is 24.4 Å². The third-order valence-electron chi connectivity index (χ3n) is 5.62. The number of carbonyl (C=O) groups is 3. The van der Waals surface area contributed by atoms with E-state index in [1.165, 1.54) is 7.11 Å². The summed E-state index contributed by atoms with van der Waals surface area (Å²) in [6, 6.07) is 4.17. The molecule has 1 aromatic rings. The Balaban J connectivity index is 1.77. The van der Waals surface area contributed by atoms with E-state index >= 15 is 0 Å². The average molecular weight is 438 g/mol. The highest BCUT2D eigenvalue weighted by Gasteiger charge is 2.44. The summed E-state index contributed by atoms with van der Waals surface area (Å²) in [5.41, 5.74) is 0.429. The number of hydrogen-bond donors (Lipinski definition) is 2. The van der Waals surface area contributed by atoms with Gasteiger partial charge in [0.15, 0.2) is 0 Å². The number of amides is 2. The Hall–Kier alpha value is -2.32. The second-order valence-corrected chi connectivity index (χ2v) is 7.99. The highest BCUT2D eigenvalue weighted by molar-refractivity contribution is 6.31. The number of hydrogen-bond acceptors (Lipinski definition) is 6. The molecular formula is C21H28ClN3O5. The molecule has 1 aliphatic heterocycles. The van der Waals surface area contributed by atoms with Crippen LogP contribution in [0.1, 0.15) is 39.0 Å². The maximum Gasteiger partial charge on any atom is 0.320 e. The Morgan fingerprint density at radius 3 is 2.80 bits per heavy atom. The molecule has 3 atom stereocenters. The zero-order valence-electron chi connectivity index (χ0n) is 17.3. The van der Waals surface area contributed by atoms with Crippen LogP contribution in [0, 0.1) is 0 Å². The first-order chi connectivity index (χ1) is 14.4. The zero-order chi connectivity index (χ0) is 21.7. The highest BCUT2D eigenvalue weighted by atomic mass is 35.5. The van der Waals surface area contributed by atoms with E-state index in [4.69, 9.17) is 21.1 Å². The SMILES string of the molecule is CCOC(=O)CN1[C@H](CC(=O)Nc2cc(Cl)ccc2OC)C(=O)N[C@@H]2CCCC[C@@H]21. The van der Waals surface area contributed by atoms with Gasteiger partial charge in [0.25, 0.3) is 0 Å². The van der Waals surface area contributed by atoms with E-state index in [2.05, 4.69) is 10.6 Å². The van der Waals surface area contributed by atoms with Gasteiger partial charge >= 0.3 is 5.97 Å². The van der Waals surface area contributed by atoms with Crippen LogP contribution in [0.3, 0.4) is 0 Å². The number of fused-ring (bicyclic) bond motifs is 1. The molecule has 0 bridgehead atoms. The number of benzene rings is 1. The van der Waals surface area contributed by atoms with E-state index in [-0.39, 0.29) is 43.5 Å². The van der Waals surface area contributed by atoms with Crippen LogP contribution in [-0.2, 0) is 19.1 Å². The van der Waals surface area contributed by atoms with Crippen molar-refractivity contribution in [3.63, 3.8) is 0 Å². The number of rotatable bonds is 7. The van der Waals surface area contributed by atoms with E-state index in [0.717, 1.165) is 25.7 Å². The predicted octanol–water partition coefficient (Wildman–Crippen LogP) is 2.35. The van der Waals surface area contributed by atoms with Crippen molar-refractivity contribution in [2.75, 3.05) is 25.6 Å². The molecule has 2 aliphatic rings. The molecule has 0 aromatic heterocycles. The lowest BCUT2D eigenvalue weighted by Crippen LogP contribution is -2.67. The fourth-order valence-electron chi connectivity index (χ4n) is 4.29. The van der Waals surface area contributed by atoms with E-state index in [0.29, 0.717) is 16.5 Å². The van der Waals surface area contributed by atoms with Crippen LogP contribution in [0.25, 0.3) is 0 Å². The molecule has 1 aromatic carbocycles. The number of esters is 1. The summed E-state index contributed by atoms with van der Waals surface area (Å²) in [5.74, 6) is -0.524. The van der Waals surface area contributed by atoms with Gasteiger partial charge < -0.3 is 20.1 Å². The number of nitrogens with one attached hydrogen (secondary N) is 2. The molecule has 2 amide bonds. The molecule has 164 valence electrons. The molecule has 1 saturated carbocycles. The van der Waals surface area contributed by atoms with Crippen LogP contribution in [0.2, 0.25) is 5.02 Å². The Morgan fingerprint density at radius 2 is 2.07 bits per heavy atom. The molecule has 8 nitrogen and oxygen atoms in total. The monoisotopic (exact) mass is 437 g/mol. The minimum Gasteiger partial charge on any atom is -0.495 e. The Bertz CT molecular complexity index is 803. The maximum atomic E-state index is 12.8. The first kappa shape index (κ1) is 22.4. The van der Waals surface area contributed by atoms with Crippen LogP contribution in [0.15, 0.2) is 18.2 Å². The summed E-state index contributed by atoms with van der Waals surface area (Å²) < 4.78 is 10.4. The van der Waals surface area contributed by atoms with Crippen molar-refractivity contribution >= 4 is 35.1 Å². The van der Waals surface area contributed by atoms with Gasteiger partial charge in [-0.15, -0.1) is 0 Å². The predicted molar refractivity (Wildman–Crippen MR) is 113 cm³/mol. The van der Waals surface area contributed by atoms with Gasteiger partial charge in [-0.3, -0.25) is 19.3 Å².